The molecule has 84 valence electrons. The molecule has 0 bridgehead atoms. The van der Waals surface area contributed by atoms with Gasteiger partial charge in [0.05, 0.1) is 26.7 Å². The van der Waals surface area contributed by atoms with Gasteiger partial charge in [0.1, 0.15) is 0 Å². The van der Waals surface area contributed by atoms with Crippen molar-refractivity contribution >= 4 is 0 Å². The van der Waals surface area contributed by atoms with Crippen molar-refractivity contribution in [3.63, 3.8) is 0 Å². The molecule has 0 radical (unpaired) electrons. The molecule has 0 fully saturated rings. The van der Waals surface area contributed by atoms with Gasteiger partial charge in [0.15, 0.2) is 0 Å². The maximum atomic E-state index is 4.78. The summed E-state index contributed by atoms with van der Waals surface area (Å²) in [7, 11) is 3.21. The number of nitrogens with one attached hydrogen (secondary N) is 1. The van der Waals surface area contributed by atoms with Gasteiger partial charge in [-0.25, -0.2) is 0 Å². The molecule has 3 nitrogen and oxygen atoms in total. The van der Waals surface area contributed by atoms with Gasteiger partial charge in [0.25, 0.3) is 0 Å². The Balaban J connectivity index is 3.61. The first-order chi connectivity index (χ1) is 7.20. The Morgan fingerprint density at radius 2 is 1.40 bits per heavy atom. The highest BCUT2D eigenvalue weighted by Gasteiger charge is 1.91. The van der Waals surface area contributed by atoms with Crippen LogP contribution in [-0.4, -0.2) is 27.3 Å². The van der Waals surface area contributed by atoms with Gasteiger partial charge in [-0.2, -0.15) is 0 Å². The molecule has 0 aromatic rings. The summed E-state index contributed by atoms with van der Waals surface area (Å²) in [6.45, 7) is 9.12. The third-order valence-corrected chi connectivity index (χ3v) is 1.58. The average Bonchev–Trinajstić information content (AvgIpc) is 2.23. The van der Waals surface area contributed by atoms with E-state index in [2.05, 4.69) is 18.5 Å². The summed E-state index contributed by atoms with van der Waals surface area (Å²) in [6.07, 6.45) is 6.84. The first kappa shape index (κ1) is 13.5. The molecule has 0 aliphatic carbocycles. The zero-order chi connectivity index (χ0) is 11.5. The lowest BCUT2D eigenvalue weighted by molar-refractivity contribution is 0.337. The molecule has 0 spiro atoms. The lowest BCUT2D eigenvalue weighted by Gasteiger charge is -2.04. The van der Waals surface area contributed by atoms with Crippen LogP contribution in [0.15, 0.2) is 49.0 Å². The van der Waals surface area contributed by atoms with E-state index in [1.165, 1.54) is 0 Å². The van der Waals surface area contributed by atoms with Gasteiger partial charge < -0.3 is 14.8 Å². The molecule has 0 aromatic carbocycles. The zero-order valence-corrected chi connectivity index (χ0v) is 9.45. The van der Waals surface area contributed by atoms with Crippen LogP contribution >= 0.6 is 0 Å². The lowest BCUT2D eigenvalue weighted by Crippen LogP contribution is -2.18. The fourth-order valence-electron chi connectivity index (χ4n) is 0.830. The molecule has 0 rings (SSSR count). The van der Waals surface area contributed by atoms with Crippen molar-refractivity contribution in [3.05, 3.63) is 49.0 Å². The molecule has 0 heterocycles. The topological polar surface area (TPSA) is 30.5 Å². The number of hydrogen-bond donors (Lipinski definition) is 1. The van der Waals surface area contributed by atoms with Gasteiger partial charge in [-0.1, -0.05) is 13.2 Å². The van der Waals surface area contributed by atoms with Crippen molar-refractivity contribution in [1.29, 1.82) is 0 Å². The summed E-state index contributed by atoms with van der Waals surface area (Å²) in [5.74, 6) is 0. The molecule has 0 aliphatic rings. The summed E-state index contributed by atoms with van der Waals surface area (Å²) in [6, 6.07) is 0. The van der Waals surface area contributed by atoms with Crippen LogP contribution in [0.3, 0.4) is 0 Å². The van der Waals surface area contributed by atoms with E-state index in [0.717, 1.165) is 11.1 Å². The number of hydrogen-bond acceptors (Lipinski definition) is 3. The van der Waals surface area contributed by atoms with Crippen molar-refractivity contribution in [2.24, 2.45) is 0 Å². The fourth-order valence-corrected chi connectivity index (χ4v) is 0.830. The van der Waals surface area contributed by atoms with E-state index < -0.39 is 0 Å². The lowest BCUT2D eigenvalue weighted by atomic mass is 10.2. The molecule has 0 amide bonds. The average molecular weight is 209 g/mol. The Bertz CT molecular complexity index is 228. The predicted molar refractivity (Wildman–Crippen MR) is 63.4 cm³/mol. The minimum atomic E-state index is 0.708. The SMILES string of the molecule is C=C(/C=C/OC)CNCC(=C)/C=C/OC. The Labute approximate surface area is 91.8 Å². The molecule has 0 atom stereocenters. The highest BCUT2D eigenvalue weighted by atomic mass is 16.5. The second kappa shape index (κ2) is 9.09. The van der Waals surface area contributed by atoms with Gasteiger partial charge in [0, 0.05) is 13.1 Å². The Hall–Kier alpha value is -1.48. The van der Waals surface area contributed by atoms with Crippen LogP contribution in [0.25, 0.3) is 0 Å². The van der Waals surface area contributed by atoms with E-state index in [4.69, 9.17) is 9.47 Å². The molecule has 0 aliphatic heterocycles. The van der Waals surface area contributed by atoms with E-state index in [1.54, 1.807) is 26.7 Å². The van der Waals surface area contributed by atoms with E-state index in [9.17, 15) is 0 Å². The quantitative estimate of drug-likeness (QED) is 0.490. The third-order valence-electron chi connectivity index (χ3n) is 1.58. The number of rotatable bonds is 8. The highest BCUT2D eigenvalue weighted by Crippen LogP contribution is 1.93. The molecule has 0 unspecified atom stereocenters. The van der Waals surface area contributed by atoms with Crippen LogP contribution in [-0.2, 0) is 9.47 Å². The minimum Gasteiger partial charge on any atom is -0.504 e. The van der Waals surface area contributed by atoms with Crippen molar-refractivity contribution in [1.82, 2.24) is 5.32 Å². The van der Waals surface area contributed by atoms with Crippen LogP contribution in [0, 0.1) is 0 Å². The van der Waals surface area contributed by atoms with Gasteiger partial charge in [0.2, 0.25) is 0 Å². The molecular weight excluding hydrogens is 190 g/mol. The molecule has 15 heavy (non-hydrogen) atoms. The van der Waals surface area contributed by atoms with E-state index in [1.807, 2.05) is 12.2 Å². The molecule has 3 heteroatoms. The number of ether oxygens (including phenoxy) is 2. The maximum Gasteiger partial charge on any atom is 0.0827 e. The summed E-state index contributed by atoms with van der Waals surface area (Å²) >= 11 is 0. The summed E-state index contributed by atoms with van der Waals surface area (Å²) in [5.41, 5.74) is 1.92. The highest BCUT2D eigenvalue weighted by molar-refractivity contribution is 5.17. The monoisotopic (exact) mass is 209 g/mol. The largest absolute Gasteiger partial charge is 0.504 e. The molecule has 0 saturated carbocycles. The molecule has 1 N–H and O–H groups in total. The normalized spacial score (nSPS) is 10.8. The minimum absolute atomic E-state index is 0.708. The predicted octanol–water partition coefficient (Wildman–Crippen LogP) is 2.01. The van der Waals surface area contributed by atoms with Crippen LogP contribution in [0.2, 0.25) is 0 Å². The third kappa shape index (κ3) is 8.84. The van der Waals surface area contributed by atoms with Crippen molar-refractivity contribution in [2.75, 3.05) is 27.3 Å². The van der Waals surface area contributed by atoms with Crippen LogP contribution in [0.1, 0.15) is 0 Å². The Kier molecular flexibility index (Phi) is 8.19. The second-order valence-corrected chi connectivity index (χ2v) is 3.00. The fraction of sp³-hybridized carbons (Fsp3) is 0.333. The van der Waals surface area contributed by atoms with Crippen LogP contribution in [0.4, 0.5) is 0 Å². The van der Waals surface area contributed by atoms with Gasteiger partial charge in [-0.3, -0.25) is 0 Å². The first-order valence-electron chi connectivity index (χ1n) is 4.65. The smallest absolute Gasteiger partial charge is 0.0827 e. The van der Waals surface area contributed by atoms with Gasteiger partial charge in [-0.05, 0) is 23.3 Å². The van der Waals surface area contributed by atoms with Crippen LogP contribution in [0.5, 0.6) is 0 Å². The van der Waals surface area contributed by atoms with Crippen molar-refractivity contribution < 1.29 is 9.47 Å². The molecular formula is C12H19NO2. The molecule has 0 aromatic heterocycles. The summed E-state index contributed by atoms with van der Waals surface area (Å²) in [5, 5.41) is 3.19. The Morgan fingerprint density at radius 3 is 1.73 bits per heavy atom. The number of methoxy groups -OCH3 is 2. The summed E-state index contributed by atoms with van der Waals surface area (Å²) < 4.78 is 9.56. The van der Waals surface area contributed by atoms with Crippen LogP contribution < -0.4 is 5.32 Å². The van der Waals surface area contributed by atoms with Gasteiger partial charge in [-0.15, -0.1) is 0 Å². The van der Waals surface area contributed by atoms with Crippen molar-refractivity contribution in [3.8, 4) is 0 Å². The first-order valence-corrected chi connectivity index (χ1v) is 4.65. The summed E-state index contributed by atoms with van der Waals surface area (Å²) in [4.78, 5) is 0. The maximum absolute atomic E-state index is 4.78. The van der Waals surface area contributed by atoms with Gasteiger partial charge >= 0.3 is 0 Å². The molecule has 0 saturated heterocycles. The second-order valence-electron chi connectivity index (χ2n) is 3.00. The van der Waals surface area contributed by atoms with Crippen molar-refractivity contribution in [2.45, 2.75) is 0 Å². The Morgan fingerprint density at radius 1 is 1.00 bits per heavy atom. The van der Waals surface area contributed by atoms with E-state index in [0.29, 0.717) is 13.1 Å². The standard InChI is InChI=1S/C12H19NO2/c1-11(5-7-14-3)9-13-10-12(2)6-8-15-4/h5-8,13H,1-2,9-10H2,3-4H3/b7-5+,8-6+. The van der Waals surface area contributed by atoms with E-state index >= 15 is 0 Å². The van der Waals surface area contributed by atoms with E-state index in [-0.39, 0.29) is 0 Å². The zero-order valence-electron chi connectivity index (χ0n) is 9.45.